The smallest absolute Gasteiger partial charge is 0.319 e. The summed E-state index contributed by atoms with van der Waals surface area (Å²) in [6.07, 6.45) is 3.52. The minimum absolute atomic E-state index is 0.471. The Bertz CT molecular complexity index is 149. The fraction of sp³-hybridized carbons (Fsp3) is 1.00. The Kier molecular flexibility index (Phi) is 13.2. The molecule has 98 valence electrons. The Hall–Kier alpha value is 0.0700. The van der Waals surface area contributed by atoms with E-state index in [1.165, 1.54) is 0 Å². The lowest BCUT2D eigenvalue weighted by Crippen LogP contribution is -1.95. The van der Waals surface area contributed by atoms with Gasteiger partial charge < -0.3 is 18.5 Å². The molecule has 0 amide bonds. The molecule has 0 atom stereocenters. The van der Waals surface area contributed by atoms with Gasteiger partial charge in [-0.25, -0.2) is 0 Å². The molecule has 16 heavy (non-hydrogen) atoms. The molecule has 0 rings (SSSR count). The second kappa shape index (κ2) is 13.1. The number of ether oxygens (including phenoxy) is 2. The van der Waals surface area contributed by atoms with Crippen LogP contribution in [0.25, 0.3) is 0 Å². The highest BCUT2D eigenvalue weighted by Crippen LogP contribution is 2.24. The molecular formula is C10H23O5P. The fourth-order valence-corrected chi connectivity index (χ4v) is 1.75. The van der Waals surface area contributed by atoms with Crippen LogP contribution >= 0.6 is 8.25 Å². The Morgan fingerprint density at radius 2 is 1.12 bits per heavy atom. The molecule has 0 unspecified atom stereocenters. The summed E-state index contributed by atoms with van der Waals surface area (Å²) < 4.78 is 31.0. The molecule has 0 saturated heterocycles. The van der Waals surface area contributed by atoms with Gasteiger partial charge in [0, 0.05) is 27.4 Å². The number of hydrogen-bond acceptors (Lipinski definition) is 5. The lowest BCUT2D eigenvalue weighted by molar-refractivity contribution is 0.170. The van der Waals surface area contributed by atoms with Gasteiger partial charge in [-0.1, -0.05) is 0 Å². The van der Waals surface area contributed by atoms with Crippen molar-refractivity contribution in [2.24, 2.45) is 0 Å². The second-order valence-corrected chi connectivity index (χ2v) is 4.42. The van der Waals surface area contributed by atoms with Gasteiger partial charge in [0.1, 0.15) is 0 Å². The Morgan fingerprint density at radius 3 is 1.50 bits per heavy atom. The lowest BCUT2D eigenvalue weighted by Gasteiger charge is -2.05. The predicted molar refractivity (Wildman–Crippen MR) is 63.1 cm³/mol. The molecule has 0 N–H and O–H groups in total. The molecule has 0 spiro atoms. The van der Waals surface area contributed by atoms with Crippen LogP contribution in [-0.2, 0) is 23.1 Å². The molecule has 0 aliphatic heterocycles. The van der Waals surface area contributed by atoms with Crippen LogP contribution < -0.4 is 0 Å². The zero-order valence-electron chi connectivity index (χ0n) is 10.2. The molecular weight excluding hydrogens is 231 g/mol. The molecule has 0 heterocycles. The number of rotatable bonds is 12. The highest BCUT2D eigenvalue weighted by molar-refractivity contribution is 7.33. The quantitative estimate of drug-likeness (QED) is 0.395. The van der Waals surface area contributed by atoms with Gasteiger partial charge >= 0.3 is 8.25 Å². The van der Waals surface area contributed by atoms with E-state index in [-0.39, 0.29) is 0 Å². The van der Waals surface area contributed by atoms with E-state index >= 15 is 0 Å². The van der Waals surface area contributed by atoms with E-state index in [2.05, 4.69) is 0 Å². The summed E-state index contributed by atoms with van der Waals surface area (Å²) in [5.41, 5.74) is 0. The molecule has 0 aromatic heterocycles. The maximum atomic E-state index is 11.2. The first-order valence-corrected chi connectivity index (χ1v) is 6.81. The van der Waals surface area contributed by atoms with E-state index in [1.807, 2.05) is 0 Å². The maximum Gasteiger partial charge on any atom is 0.319 e. The maximum absolute atomic E-state index is 11.2. The third-order valence-electron chi connectivity index (χ3n) is 1.93. The average Bonchev–Trinajstić information content (AvgIpc) is 2.28. The van der Waals surface area contributed by atoms with Crippen LogP contribution in [0.4, 0.5) is 0 Å². The Balaban J connectivity index is 3.12. The fourth-order valence-electron chi connectivity index (χ4n) is 1.05. The van der Waals surface area contributed by atoms with E-state index in [4.69, 9.17) is 18.5 Å². The first-order valence-electron chi connectivity index (χ1n) is 5.58. The van der Waals surface area contributed by atoms with Crippen LogP contribution in [0.3, 0.4) is 0 Å². The van der Waals surface area contributed by atoms with Gasteiger partial charge in [-0.3, -0.25) is 4.57 Å². The van der Waals surface area contributed by atoms with Gasteiger partial charge in [0.2, 0.25) is 0 Å². The number of unbranched alkanes of at least 4 members (excludes halogenated alkanes) is 2. The molecule has 0 saturated carbocycles. The largest absolute Gasteiger partial charge is 0.385 e. The van der Waals surface area contributed by atoms with Crippen molar-refractivity contribution in [1.29, 1.82) is 0 Å². The summed E-state index contributed by atoms with van der Waals surface area (Å²) in [5.74, 6) is 0. The third kappa shape index (κ3) is 12.1. The van der Waals surface area contributed by atoms with Crippen molar-refractivity contribution in [3.63, 3.8) is 0 Å². The van der Waals surface area contributed by atoms with E-state index in [1.54, 1.807) is 14.2 Å². The normalized spacial score (nSPS) is 11.2. The molecule has 5 nitrogen and oxygen atoms in total. The molecule has 6 heteroatoms. The summed E-state index contributed by atoms with van der Waals surface area (Å²) in [7, 11) is 1.02. The lowest BCUT2D eigenvalue weighted by atomic mass is 10.3. The van der Waals surface area contributed by atoms with Crippen LogP contribution in [0.2, 0.25) is 0 Å². The zero-order valence-corrected chi connectivity index (χ0v) is 11.2. The van der Waals surface area contributed by atoms with Gasteiger partial charge in [-0.2, -0.15) is 0 Å². The molecule has 0 radical (unpaired) electrons. The van der Waals surface area contributed by atoms with Crippen molar-refractivity contribution in [1.82, 2.24) is 0 Å². The molecule has 0 aromatic carbocycles. The van der Waals surface area contributed by atoms with Crippen molar-refractivity contribution in [3.8, 4) is 0 Å². The number of hydrogen-bond donors (Lipinski definition) is 0. The van der Waals surface area contributed by atoms with Crippen LogP contribution in [-0.4, -0.2) is 40.6 Å². The van der Waals surface area contributed by atoms with Gasteiger partial charge in [-0.15, -0.1) is 0 Å². The molecule has 0 aliphatic carbocycles. The van der Waals surface area contributed by atoms with E-state index in [9.17, 15) is 4.57 Å². The van der Waals surface area contributed by atoms with Gasteiger partial charge in [0.05, 0.1) is 13.2 Å². The molecule has 0 aliphatic rings. The van der Waals surface area contributed by atoms with Crippen molar-refractivity contribution in [2.75, 3.05) is 40.6 Å². The van der Waals surface area contributed by atoms with Crippen molar-refractivity contribution in [3.05, 3.63) is 0 Å². The van der Waals surface area contributed by atoms with Gasteiger partial charge in [-0.05, 0) is 25.7 Å². The predicted octanol–water partition coefficient (Wildman–Crippen LogP) is 2.26. The zero-order chi connectivity index (χ0) is 12.1. The molecule has 0 fully saturated rings. The van der Waals surface area contributed by atoms with Crippen molar-refractivity contribution in [2.45, 2.75) is 25.7 Å². The summed E-state index contributed by atoms with van der Waals surface area (Å²) in [5, 5.41) is 0. The molecule has 0 aromatic rings. The van der Waals surface area contributed by atoms with Crippen LogP contribution in [0.1, 0.15) is 25.7 Å². The summed E-state index contributed by atoms with van der Waals surface area (Å²) in [4.78, 5) is 0. The third-order valence-corrected chi connectivity index (χ3v) is 2.81. The molecule has 0 bridgehead atoms. The highest BCUT2D eigenvalue weighted by atomic mass is 31.1. The van der Waals surface area contributed by atoms with Crippen molar-refractivity contribution >= 4 is 8.25 Å². The minimum Gasteiger partial charge on any atom is -0.385 e. The second-order valence-electron chi connectivity index (χ2n) is 3.35. The number of methoxy groups -OCH3 is 2. The van der Waals surface area contributed by atoms with Crippen LogP contribution in [0.15, 0.2) is 0 Å². The Morgan fingerprint density at radius 1 is 0.750 bits per heavy atom. The van der Waals surface area contributed by atoms with E-state index in [0.717, 1.165) is 25.7 Å². The Labute approximate surface area is 98.4 Å². The first-order chi connectivity index (χ1) is 7.81. The monoisotopic (exact) mass is 254 g/mol. The van der Waals surface area contributed by atoms with Gasteiger partial charge in [0.15, 0.2) is 0 Å². The van der Waals surface area contributed by atoms with E-state index in [0.29, 0.717) is 26.4 Å². The standard InChI is InChI=1S/C10H23O5P/c1-12-7-3-5-9-14-16(11)15-10-6-4-8-13-2/h16H,3-10H2,1-2H3. The van der Waals surface area contributed by atoms with Gasteiger partial charge in [0.25, 0.3) is 0 Å². The summed E-state index contributed by atoms with van der Waals surface area (Å²) in [6, 6.07) is 0. The topological polar surface area (TPSA) is 54.0 Å². The van der Waals surface area contributed by atoms with Crippen LogP contribution in [0.5, 0.6) is 0 Å². The summed E-state index contributed by atoms with van der Waals surface area (Å²) >= 11 is 0. The SMILES string of the molecule is COCCCCO[PH](=O)OCCCCOC. The average molecular weight is 254 g/mol. The van der Waals surface area contributed by atoms with Crippen molar-refractivity contribution < 1.29 is 23.1 Å². The van der Waals surface area contributed by atoms with E-state index < -0.39 is 8.25 Å². The van der Waals surface area contributed by atoms with Crippen LogP contribution in [0, 0.1) is 0 Å². The highest BCUT2D eigenvalue weighted by Gasteiger charge is 1.99. The first kappa shape index (κ1) is 16.1. The minimum atomic E-state index is -2.30. The summed E-state index contributed by atoms with van der Waals surface area (Å²) in [6.45, 7) is 2.36.